The first-order chi connectivity index (χ1) is 9.22. The summed E-state index contributed by atoms with van der Waals surface area (Å²) in [6.07, 6.45) is 1.85. The van der Waals surface area contributed by atoms with Gasteiger partial charge in [0.1, 0.15) is 5.75 Å². The number of rotatable bonds is 2. The van der Waals surface area contributed by atoms with E-state index < -0.39 is 0 Å². The van der Waals surface area contributed by atoms with Crippen molar-refractivity contribution in [3.05, 3.63) is 64.8 Å². The summed E-state index contributed by atoms with van der Waals surface area (Å²) < 4.78 is 6.28. The lowest BCUT2D eigenvalue weighted by Crippen LogP contribution is -2.08. The molecule has 2 aromatic carbocycles. The van der Waals surface area contributed by atoms with Gasteiger partial charge in [-0.15, -0.1) is 0 Å². The van der Waals surface area contributed by atoms with Gasteiger partial charge in [-0.1, -0.05) is 15.9 Å². The number of carbonyl (C=O) groups is 1. The minimum absolute atomic E-state index is 0.359. The van der Waals surface area contributed by atoms with Crippen LogP contribution in [0.5, 0.6) is 5.75 Å². The van der Waals surface area contributed by atoms with Gasteiger partial charge in [0, 0.05) is 21.6 Å². The molecule has 94 valence electrons. The van der Waals surface area contributed by atoms with Crippen LogP contribution in [0.1, 0.15) is 10.4 Å². The average molecular weight is 316 g/mol. The number of benzene rings is 2. The average Bonchev–Trinajstić information content (AvgIpc) is 2.87. The third-order valence-electron chi connectivity index (χ3n) is 2.82. The molecule has 3 rings (SSSR count). The van der Waals surface area contributed by atoms with Crippen molar-refractivity contribution in [1.29, 1.82) is 0 Å². The first kappa shape index (κ1) is 12.0. The predicted octanol–water partition coefficient (Wildman–Crippen LogP) is 4.15. The lowest BCUT2D eigenvalue weighted by molar-refractivity contribution is 0.0735. The number of H-pyrrole nitrogens is 1. The standard InChI is InChI=1S/C15H10BrNO2/c16-12-3-1-10(2-4-12)15(18)19-13-5-6-14-11(9-13)7-8-17-14/h1-9,17H. The van der Waals surface area contributed by atoms with E-state index in [9.17, 15) is 4.79 Å². The van der Waals surface area contributed by atoms with Gasteiger partial charge in [-0.3, -0.25) is 0 Å². The fraction of sp³-hybridized carbons (Fsp3) is 0. The lowest BCUT2D eigenvalue weighted by atomic mass is 10.2. The highest BCUT2D eigenvalue weighted by Gasteiger charge is 2.08. The number of ether oxygens (including phenoxy) is 1. The Balaban J connectivity index is 1.83. The summed E-state index contributed by atoms with van der Waals surface area (Å²) in [5, 5.41) is 1.01. The fourth-order valence-corrected chi connectivity index (χ4v) is 2.11. The molecule has 0 amide bonds. The molecule has 19 heavy (non-hydrogen) atoms. The lowest BCUT2D eigenvalue weighted by Gasteiger charge is -2.04. The molecule has 4 heteroatoms. The van der Waals surface area contributed by atoms with Crippen LogP contribution in [0.2, 0.25) is 0 Å². The maximum absolute atomic E-state index is 12.0. The molecule has 0 bridgehead atoms. The number of halogens is 1. The van der Waals surface area contributed by atoms with Crippen LogP contribution < -0.4 is 4.74 Å². The van der Waals surface area contributed by atoms with Gasteiger partial charge in [0.25, 0.3) is 0 Å². The first-order valence-corrected chi connectivity index (χ1v) is 6.56. The SMILES string of the molecule is O=C(Oc1ccc2[nH]ccc2c1)c1ccc(Br)cc1. The van der Waals surface area contributed by atoms with E-state index in [1.54, 1.807) is 18.2 Å². The number of hydrogen-bond donors (Lipinski definition) is 1. The third kappa shape index (κ3) is 2.53. The zero-order valence-corrected chi connectivity index (χ0v) is 11.5. The summed E-state index contributed by atoms with van der Waals surface area (Å²) >= 11 is 3.33. The largest absolute Gasteiger partial charge is 0.423 e. The maximum atomic E-state index is 12.0. The van der Waals surface area contributed by atoms with Gasteiger partial charge in [-0.2, -0.15) is 0 Å². The van der Waals surface area contributed by atoms with Crippen LogP contribution >= 0.6 is 15.9 Å². The molecule has 0 fully saturated rings. The van der Waals surface area contributed by atoms with Gasteiger partial charge in [0.2, 0.25) is 0 Å². The highest BCUT2D eigenvalue weighted by Crippen LogP contribution is 2.21. The van der Waals surface area contributed by atoms with Crippen molar-refractivity contribution in [3.63, 3.8) is 0 Å². The number of carbonyl (C=O) groups excluding carboxylic acids is 1. The van der Waals surface area contributed by atoms with Crippen LogP contribution in [0, 0.1) is 0 Å². The van der Waals surface area contributed by atoms with E-state index in [-0.39, 0.29) is 5.97 Å². The van der Waals surface area contributed by atoms with Crippen LogP contribution in [0.3, 0.4) is 0 Å². The fourth-order valence-electron chi connectivity index (χ4n) is 1.85. The van der Waals surface area contributed by atoms with Crippen molar-refractivity contribution in [1.82, 2.24) is 4.98 Å². The van der Waals surface area contributed by atoms with Gasteiger partial charge in [-0.25, -0.2) is 4.79 Å². The van der Waals surface area contributed by atoms with Gasteiger partial charge in [-0.05, 0) is 48.5 Å². The summed E-state index contributed by atoms with van der Waals surface area (Å²) in [5.74, 6) is 0.183. The third-order valence-corrected chi connectivity index (χ3v) is 3.34. The van der Waals surface area contributed by atoms with Crippen molar-refractivity contribution in [2.75, 3.05) is 0 Å². The van der Waals surface area contributed by atoms with E-state index in [0.717, 1.165) is 15.4 Å². The Labute approximate surface area is 118 Å². The molecule has 0 radical (unpaired) electrons. The Bertz CT molecular complexity index is 731. The van der Waals surface area contributed by atoms with Gasteiger partial charge >= 0.3 is 5.97 Å². The molecule has 3 aromatic rings. The molecular weight excluding hydrogens is 306 g/mol. The Morgan fingerprint density at radius 2 is 1.84 bits per heavy atom. The summed E-state index contributed by atoms with van der Waals surface area (Å²) in [7, 11) is 0. The van der Waals surface area contributed by atoms with E-state index >= 15 is 0 Å². The highest BCUT2D eigenvalue weighted by atomic mass is 79.9. The van der Waals surface area contributed by atoms with Crippen molar-refractivity contribution in [2.24, 2.45) is 0 Å². The molecule has 0 spiro atoms. The summed E-state index contributed by atoms with van der Waals surface area (Å²) in [6.45, 7) is 0. The van der Waals surface area contributed by atoms with E-state index in [2.05, 4.69) is 20.9 Å². The van der Waals surface area contributed by atoms with E-state index in [0.29, 0.717) is 11.3 Å². The molecular formula is C15H10BrNO2. The molecule has 0 aliphatic rings. The van der Waals surface area contributed by atoms with Crippen LogP contribution in [0.25, 0.3) is 10.9 Å². The van der Waals surface area contributed by atoms with Crippen molar-refractivity contribution >= 4 is 32.8 Å². The molecule has 1 aromatic heterocycles. The molecule has 0 saturated heterocycles. The zero-order chi connectivity index (χ0) is 13.2. The zero-order valence-electron chi connectivity index (χ0n) is 9.89. The highest BCUT2D eigenvalue weighted by molar-refractivity contribution is 9.10. The van der Waals surface area contributed by atoms with E-state index in [1.165, 1.54) is 0 Å². The topological polar surface area (TPSA) is 42.1 Å². The maximum Gasteiger partial charge on any atom is 0.343 e. The molecule has 3 nitrogen and oxygen atoms in total. The Morgan fingerprint density at radius 1 is 1.05 bits per heavy atom. The van der Waals surface area contributed by atoms with Crippen LogP contribution in [0.15, 0.2) is 59.2 Å². The van der Waals surface area contributed by atoms with Crippen molar-refractivity contribution < 1.29 is 9.53 Å². The smallest absolute Gasteiger partial charge is 0.343 e. The second-order valence-corrected chi connectivity index (χ2v) is 5.04. The quantitative estimate of drug-likeness (QED) is 0.570. The minimum Gasteiger partial charge on any atom is -0.423 e. The first-order valence-electron chi connectivity index (χ1n) is 5.77. The molecule has 0 aliphatic carbocycles. The molecule has 0 atom stereocenters. The van der Waals surface area contributed by atoms with Crippen LogP contribution in [-0.2, 0) is 0 Å². The second kappa shape index (κ2) is 4.90. The van der Waals surface area contributed by atoms with Crippen molar-refractivity contribution in [2.45, 2.75) is 0 Å². The Hall–Kier alpha value is -2.07. The number of aromatic amines is 1. The predicted molar refractivity (Wildman–Crippen MR) is 77.4 cm³/mol. The van der Waals surface area contributed by atoms with Gasteiger partial charge < -0.3 is 9.72 Å². The number of nitrogens with one attached hydrogen (secondary N) is 1. The number of aromatic nitrogens is 1. The normalized spacial score (nSPS) is 10.6. The number of esters is 1. The summed E-state index contributed by atoms with van der Waals surface area (Å²) in [4.78, 5) is 15.0. The molecule has 0 aliphatic heterocycles. The minimum atomic E-state index is -0.359. The molecule has 0 saturated carbocycles. The van der Waals surface area contributed by atoms with Crippen LogP contribution in [-0.4, -0.2) is 11.0 Å². The second-order valence-electron chi connectivity index (χ2n) is 4.12. The van der Waals surface area contributed by atoms with E-state index in [1.807, 2.05) is 36.5 Å². The molecule has 1 N–H and O–H groups in total. The van der Waals surface area contributed by atoms with Crippen LogP contribution in [0.4, 0.5) is 0 Å². The molecule has 0 unspecified atom stereocenters. The van der Waals surface area contributed by atoms with Gasteiger partial charge in [0.15, 0.2) is 0 Å². The molecule has 1 heterocycles. The monoisotopic (exact) mass is 315 g/mol. The van der Waals surface area contributed by atoms with E-state index in [4.69, 9.17) is 4.74 Å². The Kier molecular flexibility index (Phi) is 3.09. The number of fused-ring (bicyclic) bond motifs is 1. The Morgan fingerprint density at radius 3 is 2.63 bits per heavy atom. The van der Waals surface area contributed by atoms with Crippen molar-refractivity contribution in [3.8, 4) is 5.75 Å². The van der Waals surface area contributed by atoms with Gasteiger partial charge in [0.05, 0.1) is 5.56 Å². The number of hydrogen-bond acceptors (Lipinski definition) is 2. The summed E-state index contributed by atoms with van der Waals surface area (Å²) in [6, 6.07) is 14.5. The summed E-state index contributed by atoms with van der Waals surface area (Å²) in [5.41, 5.74) is 1.54.